The number of hydrogen-bond acceptors (Lipinski definition) is 3. The molecule has 0 fully saturated rings. The Labute approximate surface area is 120 Å². The second kappa shape index (κ2) is 5.05. The lowest BCUT2D eigenvalue weighted by Gasteiger charge is -2.14. The topological polar surface area (TPSA) is 52.0 Å². The lowest BCUT2D eigenvalue weighted by Crippen LogP contribution is -2.17. The van der Waals surface area contributed by atoms with E-state index in [1.807, 2.05) is 39.8 Å². The quantitative estimate of drug-likeness (QED) is 0.874. The molecule has 0 amide bonds. The van der Waals surface area contributed by atoms with Crippen molar-refractivity contribution in [3.05, 3.63) is 46.5 Å². The summed E-state index contributed by atoms with van der Waals surface area (Å²) in [5.74, 6) is 0.571. The van der Waals surface area contributed by atoms with Gasteiger partial charge in [0.2, 0.25) is 0 Å². The zero-order valence-electron chi connectivity index (χ0n) is 12.6. The molecular formula is C15H20N2O2S. The van der Waals surface area contributed by atoms with E-state index >= 15 is 0 Å². The number of nitrogens with zero attached hydrogens (tertiary/aromatic N) is 2. The molecule has 0 atom stereocenters. The Morgan fingerprint density at radius 3 is 2.15 bits per heavy atom. The molecule has 0 spiro atoms. The van der Waals surface area contributed by atoms with Gasteiger partial charge in [0.1, 0.15) is 5.82 Å². The fraction of sp³-hybridized carbons (Fsp3) is 0.400. The van der Waals surface area contributed by atoms with Gasteiger partial charge in [0.05, 0.1) is 10.6 Å². The van der Waals surface area contributed by atoms with Crippen LogP contribution in [0.5, 0.6) is 0 Å². The minimum absolute atomic E-state index is 0.384. The molecule has 0 aliphatic carbocycles. The Bertz CT molecular complexity index is 735. The van der Waals surface area contributed by atoms with Gasteiger partial charge < -0.3 is 0 Å². The van der Waals surface area contributed by atoms with Crippen molar-refractivity contribution in [2.24, 2.45) is 0 Å². The van der Waals surface area contributed by atoms with Gasteiger partial charge in [-0.1, -0.05) is 24.6 Å². The van der Waals surface area contributed by atoms with Gasteiger partial charge in [-0.05, 0) is 38.8 Å². The molecule has 0 radical (unpaired) electrons. The van der Waals surface area contributed by atoms with Crippen LogP contribution in [0.15, 0.2) is 23.2 Å². The molecule has 20 heavy (non-hydrogen) atoms. The van der Waals surface area contributed by atoms with Crippen molar-refractivity contribution in [2.45, 2.75) is 45.9 Å². The minimum atomic E-state index is -3.58. The molecule has 0 aliphatic heterocycles. The Morgan fingerprint density at radius 1 is 1.10 bits per heavy atom. The van der Waals surface area contributed by atoms with Crippen LogP contribution in [0.4, 0.5) is 0 Å². The van der Waals surface area contributed by atoms with E-state index in [9.17, 15) is 8.42 Å². The maximum Gasteiger partial charge on any atom is 0.269 e. The summed E-state index contributed by atoms with van der Waals surface area (Å²) in [5.41, 5.74) is 3.33. The van der Waals surface area contributed by atoms with Crippen molar-refractivity contribution in [1.29, 1.82) is 0 Å². The molecular weight excluding hydrogens is 272 g/mol. The Balaban J connectivity index is 2.73. The predicted octanol–water partition coefficient (Wildman–Crippen LogP) is 2.92. The van der Waals surface area contributed by atoms with Gasteiger partial charge in [0, 0.05) is 12.6 Å². The average molecular weight is 292 g/mol. The van der Waals surface area contributed by atoms with Crippen LogP contribution in [0.25, 0.3) is 0 Å². The minimum Gasteiger partial charge on any atom is -0.238 e. The fourth-order valence-corrected chi connectivity index (χ4v) is 4.51. The maximum absolute atomic E-state index is 12.9. The lowest BCUT2D eigenvalue weighted by molar-refractivity contribution is 0.583. The largest absolute Gasteiger partial charge is 0.269 e. The molecule has 0 unspecified atom stereocenters. The SMILES string of the molecule is CCc1nc(C)cn1S(=O)(=O)c1c(C)cc(C)cc1C. The second-order valence-electron chi connectivity index (χ2n) is 5.18. The zero-order chi connectivity index (χ0) is 15.1. The summed E-state index contributed by atoms with van der Waals surface area (Å²) >= 11 is 0. The molecule has 0 aliphatic rings. The molecule has 108 valence electrons. The summed E-state index contributed by atoms with van der Waals surface area (Å²) in [4.78, 5) is 4.67. The number of imidazole rings is 1. The zero-order valence-corrected chi connectivity index (χ0v) is 13.4. The van der Waals surface area contributed by atoms with Gasteiger partial charge in [-0.2, -0.15) is 0 Å². The molecule has 4 nitrogen and oxygen atoms in total. The van der Waals surface area contributed by atoms with Crippen LogP contribution < -0.4 is 0 Å². The van der Waals surface area contributed by atoms with Crippen LogP contribution in [0.3, 0.4) is 0 Å². The van der Waals surface area contributed by atoms with Crippen molar-refractivity contribution in [3.8, 4) is 0 Å². The van der Waals surface area contributed by atoms with Crippen LogP contribution in [-0.2, 0) is 16.4 Å². The average Bonchev–Trinajstić information content (AvgIpc) is 2.69. The molecule has 1 aromatic heterocycles. The highest BCUT2D eigenvalue weighted by Gasteiger charge is 2.24. The third-order valence-corrected chi connectivity index (χ3v) is 5.30. The molecule has 0 N–H and O–H groups in total. The van der Waals surface area contributed by atoms with Crippen molar-refractivity contribution in [1.82, 2.24) is 8.96 Å². The normalized spacial score (nSPS) is 11.8. The number of aryl methyl sites for hydroxylation is 5. The monoisotopic (exact) mass is 292 g/mol. The number of hydrogen-bond donors (Lipinski definition) is 0. The molecule has 0 saturated carbocycles. The van der Waals surface area contributed by atoms with Crippen LogP contribution in [-0.4, -0.2) is 17.4 Å². The van der Waals surface area contributed by atoms with E-state index in [1.165, 1.54) is 3.97 Å². The first-order valence-corrected chi connectivity index (χ1v) is 8.09. The van der Waals surface area contributed by atoms with Crippen molar-refractivity contribution < 1.29 is 8.42 Å². The summed E-state index contributed by atoms with van der Waals surface area (Å²) in [7, 11) is -3.58. The smallest absolute Gasteiger partial charge is 0.238 e. The molecule has 5 heteroatoms. The lowest BCUT2D eigenvalue weighted by atomic mass is 10.1. The molecule has 0 saturated heterocycles. The summed E-state index contributed by atoms with van der Waals surface area (Å²) in [5, 5.41) is 0. The number of aromatic nitrogens is 2. The van der Waals surface area contributed by atoms with E-state index < -0.39 is 10.0 Å². The Kier molecular flexibility index (Phi) is 3.73. The van der Waals surface area contributed by atoms with E-state index in [4.69, 9.17) is 0 Å². The highest BCUT2D eigenvalue weighted by Crippen LogP contribution is 2.25. The van der Waals surface area contributed by atoms with Gasteiger partial charge in [-0.3, -0.25) is 0 Å². The molecule has 2 aromatic rings. The van der Waals surface area contributed by atoms with Gasteiger partial charge in [0.25, 0.3) is 10.0 Å². The van der Waals surface area contributed by atoms with Gasteiger partial charge in [-0.25, -0.2) is 17.4 Å². The summed E-state index contributed by atoms with van der Waals surface area (Å²) in [6.45, 7) is 9.35. The summed E-state index contributed by atoms with van der Waals surface area (Å²) in [6.07, 6.45) is 2.17. The molecule has 2 rings (SSSR count). The molecule has 1 heterocycles. The number of benzene rings is 1. The third-order valence-electron chi connectivity index (χ3n) is 3.30. The highest BCUT2D eigenvalue weighted by molar-refractivity contribution is 7.90. The molecule has 0 bridgehead atoms. The van der Waals surface area contributed by atoms with Crippen LogP contribution in [0.2, 0.25) is 0 Å². The van der Waals surface area contributed by atoms with Gasteiger partial charge in [0.15, 0.2) is 0 Å². The first-order valence-electron chi connectivity index (χ1n) is 6.65. The standard InChI is InChI=1S/C15H20N2O2S/c1-6-14-16-13(5)9-17(14)20(18,19)15-11(3)7-10(2)8-12(15)4/h7-9H,6H2,1-5H3. The summed E-state index contributed by atoms with van der Waals surface area (Å²) < 4.78 is 27.1. The van der Waals surface area contributed by atoms with Gasteiger partial charge >= 0.3 is 0 Å². The maximum atomic E-state index is 12.9. The van der Waals surface area contributed by atoms with E-state index in [0.717, 1.165) is 16.7 Å². The first kappa shape index (κ1) is 14.8. The third kappa shape index (κ3) is 2.38. The predicted molar refractivity (Wildman–Crippen MR) is 79.6 cm³/mol. The Morgan fingerprint density at radius 2 is 1.65 bits per heavy atom. The van der Waals surface area contributed by atoms with E-state index in [-0.39, 0.29) is 0 Å². The number of rotatable bonds is 3. The fourth-order valence-electron chi connectivity index (χ4n) is 2.64. The first-order chi connectivity index (χ1) is 9.27. The van der Waals surface area contributed by atoms with Crippen LogP contribution in [0, 0.1) is 27.7 Å². The highest BCUT2D eigenvalue weighted by atomic mass is 32.2. The van der Waals surface area contributed by atoms with E-state index in [2.05, 4.69) is 4.98 Å². The van der Waals surface area contributed by atoms with Crippen LogP contribution in [0.1, 0.15) is 35.1 Å². The van der Waals surface area contributed by atoms with Crippen molar-refractivity contribution in [2.75, 3.05) is 0 Å². The van der Waals surface area contributed by atoms with Crippen LogP contribution >= 0.6 is 0 Å². The van der Waals surface area contributed by atoms with Crippen molar-refractivity contribution >= 4 is 10.0 Å². The summed E-state index contributed by atoms with van der Waals surface area (Å²) in [6, 6.07) is 3.80. The van der Waals surface area contributed by atoms with E-state index in [0.29, 0.717) is 22.8 Å². The second-order valence-corrected chi connectivity index (χ2v) is 6.93. The Hall–Kier alpha value is -1.62. The molecule has 1 aromatic carbocycles. The van der Waals surface area contributed by atoms with Crippen molar-refractivity contribution in [3.63, 3.8) is 0 Å². The van der Waals surface area contributed by atoms with Gasteiger partial charge in [-0.15, -0.1) is 0 Å². The van der Waals surface area contributed by atoms with E-state index in [1.54, 1.807) is 13.1 Å².